The van der Waals surface area contributed by atoms with Gasteiger partial charge in [-0.05, 0) is 46.1 Å². The number of Topliss-reactive ketones (excluding diaryl/α,β-unsaturated/α-hetero) is 1. The summed E-state index contributed by atoms with van der Waals surface area (Å²) in [6, 6.07) is -0.590. The van der Waals surface area contributed by atoms with Crippen molar-refractivity contribution in [3.05, 3.63) is 0 Å². The maximum Gasteiger partial charge on any atom is 0.335 e. The summed E-state index contributed by atoms with van der Waals surface area (Å²) in [7, 11) is 1.76. The summed E-state index contributed by atoms with van der Waals surface area (Å²) in [4.78, 5) is 37.0. The molecule has 0 aliphatic carbocycles. The average Bonchev–Trinajstić information content (AvgIpc) is 2.81. The molecule has 0 saturated carbocycles. The summed E-state index contributed by atoms with van der Waals surface area (Å²) in [5.74, 6) is -2.75. The smallest absolute Gasteiger partial charge is 0.335 e. The molecule has 0 fully saturated rings. The second-order valence-electron chi connectivity index (χ2n) is 9.09. The quantitative estimate of drug-likeness (QED) is 0.155. The van der Waals surface area contributed by atoms with Crippen LogP contribution in [0.2, 0.25) is 0 Å². The molecule has 0 aromatic heterocycles. The number of hydrogen-bond donors (Lipinski definition) is 7. The van der Waals surface area contributed by atoms with Crippen molar-refractivity contribution in [3.63, 3.8) is 0 Å². The van der Waals surface area contributed by atoms with Crippen LogP contribution in [0.4, 0.5) is 0 Å². The molecule has 0 aromatic carbocycles. The SMILES string of the molecule is CCC(C)(CC)NC(CC(C)C(=O)NCC(O)C(O)C(O)C(=O)O)C(=O)C(CC)(CC)NC. The Morgan fingerprint density at radius 2 is 1.45 bits per heavy atom. The number of carboxylic acids is 1. The Bertz CT molecular complexity index is 627. The lowest BCUT2D eigenvalue weighted by Gasteiger charge is -2.39. The van der Waals surface area contributed by atoms with E-state index in [2.05, 4.69) is 16.0 Å². The van der Waals surface area contributed by atoms with Gasteiger partial charge in [-0.1, -0.05) is 34.6 Å². The first kappa shape index (κ1) is 31.4. The highest BCUT2D eigenvalue weighted by Crippen LogP contribution is 2.24. The normalized spacial score (nSPS) is 17.0. The fourth-order valence-electron chi connectivity index (χ4n) is 3.83. The maximum absolute atomic E-state index is 13.6. The van der Waals surface area contributed by atoms with Crippen molar-refractivity contribution >= 4 is 17.7 Å². The standard InChI is InChI=1S/C23H45N3O7/c1-8-22(6,9-2)26-15(19(30)23(10-3,11-4)24-7)12-14(5)20(31)25-13-16(27)17(28)18(29)21(32)33/h14-18,24,26-29H,8-13H2,1-7H3,(H,25,31)(H,32,33). The second kappa shape index (κ2) is 14.0. The van der Waals surface area contributed by atoms with E-state index >= 15 is 0 Å². The van der Waals surface area contributed by atoms with Crippen molar-refractivity contribution < 1.29 is 34.8 Å². The van der Waals surface area contributed by atoms with Crippen molar-refractivity contribution in [2.24, 2.45) is 5.92 Å². The number of rotatable bonds is 17. The van der Waals surface area contributed by atoms with E-state index in [-0.39, 0.29) is 17.7 Å². The van der Waals surface area contributed by atoms with Crippen LogP contribution in [0, 0.1) is 5.92 Å². The summed E-state index contributed by atoms with van der Waals surface area (Å²) in [5.41, 5.74) is -1.01. The van der Waals surface area contributed by atoms with Gasteiger partial charge in [-0.2, -0.15) is 0 Å². The van der Waals surface area contributed by atoms with Gasteiger partial charge in [-0.25, -0.2) is 4.79 Å². The van der Waals surface area contributed by atoms with Gasteiger partial charge in [0.05, 0.1) is 11.6 Å². The molecule has 0 aliphatic rings. The molecule has 10 nitrogen and oxygen atoms in total. The van der Waals surface area contributed by atoms with Gasteiger partial charge in [0.15, 0.2) is 11.9 Å². The highest BCUT2D eigenvalue weighted by atomic mass is 16.4. The van der Waals surface area contributed by atoms with Crippen molar-refractivity contribution in [2.45, 2.75) is 109 Å². The van der Waals surface area contributed by atoms with Crippen LogP contribution in [0.3, 0.4) is 0 Å². The Morgan fingerprint density at radius 3 is 1.85 bits per heavy atom. The Hall–Kier alpha value is -1.59. The van der Waals surface area contributed by atoms with E-state index in [1.54, 1.807) is 14.0 Å². The van der Waals surface area contributed by atoms with E-state index in [1.807, 2.05) is 34.6 Å². The van der Waals surface area contributed by atoms with E-state index in [0.717, 1.165) is 12.8 Å². The molecule has 33 heavy (non-hydrogen) atoms. The molecule has 0 bridgehead atoms. The first-order valence-corrected chi connectivity index (χ1v) is 11.8. The van der Waals surface area contributed by atoms with Gasteiger partial charge in [0.2, 0.25) is 5.91 Å². The van der Waals surface area contributed by atoms with Gasteiger partial charge in [-0.3, -0.25) is 9.59 Å². The molecule has 194 valence electrons. The van der Waals surface area contributed by atoms with Crippen LogP contribution in [0.25, 0.3) is 0 Å². The van der Waals surface area contributed by atoms with Gasteiger partial charge < -0.3 is 36.4 Å². The fourth-order valence-corrected chi connectivity index (χ4v) is 3.83. The Kier molecular flexibility index (Phi) is 13.3. The number of carbonyl (C=O) groups is 3. The number of carboxylic acid groups (broad SMARTS) is 1. The minimum absolute atomic E-state index is 0.0113. The molecule has 0 heterocycles. The summed E-state index contributed by atoms with van der Waals surface area (Å²) < 4.78 is 0. The zero-order chi connectivity index (χ0) is 26.0. The number of amides is 1. The van der Waals surface area contributed by atoms with Crippen LogP contribution in [0.5, 0.6) is 0 Å². The molecule has 0 aliphatic heterocycles. The maximum atomic E-state index is 13.6. The molecule has 0 saturated heterocycles. The zero-order valence-electron chi connectivity index (χ0n) is 21.1. The van der Waals surface area contributed by atoms with Crippen LogP contribution in [-0.2, 0) is 14.4 Å². The van der Waals surface area contributed by atoms with Crippen molar-refractivity contribution in [1.82, 2.24) is 16.0 Å². The second-order valence-corrected chi connectivity index (χ2v) is 9.09. The molecule has 10 heteroatoms. The molecule has 7 N–H and O–H groups in total. The average molecular weight is 476 g/mol. The number of aliphatic carboxylic acids is 1. The van der Waals surface area contributed by atoms with Crippen LogP contribution in [0.1, 0.15) is 73.6 Å². The molecular weight excluding hydrogens is 430 g/mol. The summed E-state index contributed by atoms with van der Waals surface area (Å²) >= 11 is 0. The lowest BCUT2D eigenvalue weighted by Crippen LogP contribution is -2.61. The molecule has 0 rings (SSSR count). The Balaban J connectivity index is 5.47. The predicted molar refractivity (Wildman–Crippen MR) is 126 cm³/mol. The van der Waals surface area contributed by atoms with Crippen molar-refractivity contribution in [3.8, 4) is 0 Å². The molecule has 5 atom stereocenters. The summed E-state index contributed by atoms with van der Waals surface area (Å²) in [5, 5.41) is 46.8. The van der Waals surface area contributed by atoms with Crippen LogP contribution in [0.15, 0.2) is 0 Å². The molecule has 0 aromatic rings. The van der Waals surface area contributed by atoms with E-state index < -0.39 is 54.2 Å². The third-order valence-electron chi connectivity index (χ3n) is 7.05. The molecule has 1 amide bonds. The van der Waals surface area contributed by atoms with Crippen LogP contribution in [-0.4, -0.2) is 87.1 Å². The lowest BCUT2D eigenvalue weighted by molar-refractivity contribution is -0.157. The molecule has 5 unspecified atom stereocenters. The highest BCUT2D eigenvalue weighted by molar-refractivity contribution is 5.93. The predicted octanol–water partition coefficient (Wildman–Crippen LogP) is 0.180. The van der Waals surface area contributed by atoms with Crippen LogP contribution < -0.4 is 16.0 Å². The molecule has 0 radical (unpaired) electrons. The molecule has 0 spiro atoms. The van der Waals surface area contributed by atoms with E-state index in [1.165, 1.54) is 0 Å². The van der Waals surface area contributed by atoms with E-state index in [0.29, 0.717) is 12.8 Å². The lowest BCUT2D eigenvalue weighted by atomic mass is 9.80. The first-order chi connectivity index (χ1) is 15.3. The number of aliphatic hydroxyl groups is 3. The van der Waals surface area contributed by atoms with Gasteiger partial charge >= 0.3 is 5.97 Å². The van der Waals surface area contributed by atoms with E-state index in [9.17, 15) is 29.7 Å². The van der Waals surface area contributed by atoms with Gasteiger partial charge in [0.25, 0.3) is 0 Å². The number of nitrogens with one attached hydrogen (secondary N) is 3. The number of hydrogen-bond acceptors (Lipinski definition) is 8. The Labute approximate surface area is 197 Å². The summed E-state index contributed by atoms with van der Waals surface area (Å²) in [6.45, 7) is 11.2. The Morgan fingerprint density at radius 1 is 0.939 bits per heavy atom. The minimum atomic E-state index is -2.17. The topological polar surface area (TPSA) is 168 Å². The number of likely N-dealkylation sites (N-methyl/N-ethyl adjacent to an activating group) is 1. The summed E-state index contributed by atoms with van der Waals surface area (Å²) in [6.07, 6.45) is -2.76. The number of carbonyl (C=O) groups excluding carboxylic acids is 2. The van der Waals surface area contributed by atoms with Gasteiger partial charge in [0, 0.05) is 18.0 Å². The third-order valence-corrected chi connectivity index (χ3v) is 7.05. The number of ketones is 1. The van der Waals surface area contributed by atoms with Gasteiger partial charge in [0.1, 0.15) is 12.2 Å². The first-order valence-electron chi connectivity index (χ1n) is 11.8. The monoisotopic (exact) mass is 475 g/mol. The van der Waals surface area contributed by atoms with Crippen molar-refractivity contribution in [2.75, 3.05) is 13.6 Å². The zero-order valence-corrected chi connectivity index (χ0v) is 21.1. The third kappa shape index (κ3) is 8.60. The minimum Gasteiger partial charge on any atom is -0.479 e. The fraction of sp³-hybridized carbons (Fsp3) is 0.870. The number of aliphatic hydroxyl groups excluding tert-OH is 3. The molecular formula is C23H45N3O7. The highest BCUT2D eigenvalue weighted by Gasteiger charge is 2.41. The van der Waals surface area contributed by atoms with E-state index in [4.69, 9.17) is 5.11 Å². The van der Waals surface area contributed by atoms with Crippen LogP contribution >= 0.6 is 0 Å². The van der Waals surface area contributed by atoms with Crippen molar-refractivity contribution in [1.29, 1.82) is 0 Å². The largest absolute Gasteiger partial charge is 0.479 e. The van der Waals surface area contributed by atoms with Gasteiger partial charge in [-0.15, -0.1) is 0 Å².